The lowest BCUT2D eigenvalue weighted by molar-refractivity contribution is -0.359. The summed E-state index contributed by atoms with van der Waals surface area (Å²) in [6, 6.07) is 3.06. The molecular weight excluding hydrogens is 429 g/mol. The number of halogens is 7. The Hall–Kier alpha value is -1.80. The van der Waals surface area contributed by atoms with Gasteiger partial charge in [0.15, 0.2) is 0 Å². The second-order valence-electron chi connectivity index (χ2n) is 7.51. The van der Waals surface area contributed by atoms with Gasteiger partial charge in [-0.05, 0) is 12.5 Å². The average molecular weight is 458 g/mol. The second-order valence-corrected chi connectivity index (χ2v) is 7.51. The summed E-state index contributed by atoms with van der Waals surface area (Å²) in [5.41, 5.74) is -2.73. The number of hydrogen-bond donors (Lipinski definition) is 0. The Kier molecular flexibility index (Phi) is 10.8. The van der Waals surface area contributed by atoms with Crippen molar-refractivity contribution in [2.24, 2.45) is 0 Å². The van der Waals surface area contributed by atoms with Crippen LogP contribution in [0.1, 0.15) is 87.1 Å². The smallest absolute Gasteiger partial charge is 0.460 e. The van der Waals surface area contributed by atoms with Gasteiger partial charge < -0.3 is 4.74 Å². The van der Waals surface area contributed by atoms with E-state index in [4.69, 9.17) is 4.74 Å². The molecule has 0 radical (unpaired) electrons. The molecule has 1 aromatic carbocycles. The molecule has 1 aromatic rings. The van der Waals surface area contributed by atoms with Crippen molar-refractivity contribution >= 4 is 5.97 Å². The zero-order valence-corrected chi connectivity index (χ0v) is 17.5. The molecule has 0 amide bonds. The summed E-state index contributed by atoms with van der Waals surface area (Å²) in [4.78, 5) is 12.1. The number of alkyl halides is 7. The van der Waals surface area contributed by atoms with Crippen molar-refractivity contribution in [1.29, 1.82) is 0 Å². The van der Waals surface area contributed by atoms with Gasteiger partial charge in [0.25, 0.3) is 0 Å². The van der Waals surface area contributed by atoms with E-state index >= 15 is 0 Å². The fraction of sp³-hybridized carbons (Fsp3) is 0.682. The SMILES string of the molecule is CCCCCCCCCCCCOC(=O)c1ccccc1C(F)(F)C(F)(F)C(F)(F)F. The van der Waals surface area contributed by atoms with E-state index in [1.54, 1.807) is 0 Å². The Bertz CT molecular complexity index is 672. The number of ether oxygens (including phenoxy) is 1. The molecule has 0 saturated carbocycles. The fourth-order valence-corrected chi connectivity index (χ4v) is 3.11. The standard InChI is InChI=1S/C22H29F7O2/c1-2-3-4-5-6-7-8-9-10-13-16-31-19(30)17-14-11-12-15-18(17)20(23,24)21(25,26)22(27,28)29/h11-12,14-15H,2-10,13,16H2,1H3. The van der Waals surface area contributed by atoms with E-state index in [2.05, 4.69) is 6.92 Å². The van der Waals surface area contributed by atoms with Gasteiger partial charge in [-0.2, -0.15) is 30.7 Å². The van der Waals surface area contributed by atoms with E-state index in [1.165, 1.54) is 25.7 Å². The molecule has 0 aromatic heterocycles. The first kappa shape index (κ1) is 27.2. The number of esters is 1. The van der Waals surface area contributed by atoms with Crippen LogP contribution in [0.5, 0.6) is 0 Å². The molecule has 0 N–H and O–H groups in total. The largest absolute Gasteiger partial charge is 0.462 e. The van der Waals surface area contributed by atoms with Crippen LogP contribution < -0.4 is 0 Å². The van der Waals surface area contributed by atoms with Gasteiger partial charge in [-0.1, -0.05) is 82.9 Å². The quantitative estimate of drug-likeness (QED) is 0.160. The highest BCUT2D eigenvalue weighted by Crippen LogP contribution is 2.52. The molecule has 0 heterocycles. The highest BCUT2D eigenvalue weighted by molar-refractivity contribution is 5.91. The molecule has 0 aliphatic heterocycles. The van der Waals surface area contributed by atoms with E-state index in [0.29, 0.717) is 12.5 Å². The minimum absolute atomic E-state index is 0.134. The van der Waals surface area contributed by atoms with E-state index < -0.39 is 35.1 Å². The number of hydrogen-bond acceptors (Lipinski definition) is 2. The van der Waals surface area contributed by atoms with Crippen LogP contribution in [0.15, 0.2) is 24.3 Å². The summed E-state index contributed by atoms with van der Waals surface area (Å²) >= 11 is 0. The first-order valence-corrected chi connectivity index (χ1v) is 10.6. The van der Waals surface area contributed by atoms with Gasteiger partial charge in [-0.15, -0.1) is 0 Å². The summed E-state index contributed by atoms with van der Waals surface area (Å²) in [5, 5.41) is 0. The lowest BCUT2D eigenvalue weighted by Crippen LogP contribution is -2.50. The monoisotopic (exact) mass is 458 g/mol. The summed E-state index contributed by atoms with van der Waals surface area (Å²) in [6.07, 6.45) is 3.69. The maximum absolute atomic E-state index is 14.0. The van der Waals surface area contributed by atoms with Gasteiger partial charge in [0.05, 0.1) is 12.2 Å². The molecule has 0 aliphatic rings. The van der Waals surface area contributed by atoms with E-state index in [0.717, 1.165) is 50.3 Å². The summed E-state index contributed by atoms with van der Waals surface area (Å²) in [5.74, 6) is -13.3. The third kappa shape index (κ3) is 7.68. The predicted octanol–water partition coefficient (Wildman–Crippen LogP) is 8.05. The van der Waals surface area contributed by atoms with Crippen molar-refractivity contribution in [3.05, 3.63) is 35.4 Å². The fourth-order valence-electron chi connectivity index (χ4n) is 3.11. The van der Waals surface area contributed by atoms with Crippen LogP contribution in [0.2, 0.25) is 0 Å². The van der Waals surface area contributed by atoms with Crippen LogP contribution in [0.4, 0.5) is 30.7 Å². The Morgan fingerprint density at radius 2 is 1.26 bits per heavy atom. The summed E-state index contributed by atoms with van der Waals surface area (Å²) in [6.45, 7) is 2.01. The molecule has 2 nitrogen and oxygen atoms in total. The topological polar surface area (TPSA) is 26.3 Å². The van der Waals surface area contributed by atoms with E-state index in [9.17, 15) is 35.5 Å². The van der Waals surface area contributed by atoms with Gasteiger partial charge in [-0.25, -0.2) is 4.79 Å². The third-order valence-electron chi connectivity index (χ3n) is 4.97. The minimum Gasteiger partial charge on any atom is -0.462 e. The molecule has 31 heavy (non-hydrogen) atoms. The highest BCUT2D eigenvalue weighted by Gasteiger charge is 2.74. The van der Waals surface area contributed by atoms with Gasteiger partial charge >= 0.3 is 24.0 Å². The van der Waals surface area contributed by atoms with E-state index in [-0.39, 0.29) is 6.61 Å². The molecule has 0 fully saturated rings. The zero-order valence-electron chi connectivity index (χ0n) is 17.5. The molecule has 1 rings (SSSR count). The van der Waals surface area contributed by atoms with Crippen LogP contribution in [0.25, 0.3) is 0 Å². The second kappa shape index (κ2) is 12.3. The van der Waals surface area contributed by atoms with Crippen molar-refractivity contribution in [3.63, 3.8) is 0 Å². The normalized spacial score (nSPS) is 12.8. The van der Waals surface area contributed by atoms with Crippen LogP contribution in [0, 0.1) is 0 Å². The van der Waals surface area contributed by atoms with Crippen molar-refractivity contribution in [2.75, 3.05) is 6.61 Å². The molecular formula is C22H29F7O2. The number of carbonyl (C=O) groups excluding carboxylic acids is 1. The van der Waals surface area contributed by atoms with Crippen molar-refractivity contribution < 1.29 is 40.3 Å². The molecule has 0 saturated heterocycles. The molecule has 9 heteroatoms. The van der Waals surface area contributed by atoms with Crippen molar-refractivity contribution in [3.8, 4) is 0 Å². The highest BCUT2D eigenvalue weighted by atomic mass is 19.4. The Labute approximate surface area is 178 Å². The van der Waals surface area contributed by atoms with Gasteiger partial charge in [0, 0.05) is 5.56 Å². The Balaban J connectivity index is 2.54. The number of benzene rings is 1. The Morgan fingerprint density at radius 1 is 0.774 bits per heavy atom. The lowest BCUT2D eigenvalue weighted by atomic mass is 9.96. The molecule has 0 spiro atoms. The van der Waals surface area contributed by atoms with Crippen LogP contribution in [-0.2, 0) is 10.7 Å². The molecule has 0 bridgehead atoms. The van der Waals surface area contributed by atoms with Gasteiger partial charge in [-0.3, -0.25) is 0 Å². The maximum atomic E-state index is 14.0. The number of carbonyl (C=O) groups is 1. The Morgan fingerprint density at radius 3 is 1.77 bits per heavy atom. The molecule has 178 valence electrons. The summed E-state index contributed by atoms with van der Waals surface area (Å²) < 4.78 is 97.0. The number of rotatable bonds is 14. The van der Waals surface area contributed by atoms with Crippen LogP contribution in [0.3, 0.4) is 0 Å². The maximum Gasteiger partial charge on any atom is 0.460 e. The predicted molar refractivity (Wildman–Crippen MR) is 103 cm³/mol. The molecule has 0 unspecified atom stereocenters. The zero-order chi connectivity index (χ0) is 23.5. The average Bonchev–Trinajstić information content (AvgIpc) is 2.70. The first-order chi connectivity index (χ1) is 14.5. The molecule has 0 atom stereocenters. The van der Waals surface area contributed by atoms with E-state index in [1.807, 2.05) is 0 Å². The third-order valence-corrected chi connectivity index (χ3v) is 4.97. The summed E-state index contributed by atoms with van der Waals surface area (Å²) in [7, 11) is 0. The van der Waals surface area contributed by atoms with Gasteiger partial charge in [0.2, 0.25) is 0 Å². The van der Waals surface area contributed by atoms with Gasteiger partial charge in [0.1, 0.15) is 0 Å². The molecule has 0 aliphatic carbocycles. The van der Waals surface area contributed by atoms with Crippen LogP contribution >= 0.6 is 0 Å². The van der Waals surface area contributed by atoms with Crippen molar-refractivity contribution in [1.82, 2.24) is 0 Å². The minimum atomic E-state index is -6.48. The van der Waals surface area contributed by atoms with Crippen molar-refractivity contribution in [2.45, 2.75) is 89.2 Å². The van der Waals surface area contributed by atoms with Crippen LogP contribution in [-0.4, -0.2) is 24.7 Å². The lowest BCUT2D eigenvalue weighted by Gasteiger charge is -2.29. The number of unbranched alkanes of at least 4 members (excludes halogenated alkanes) is 9. The first-order valence-electron chi connectivity index (χ1n) is 10.6.